The maximum absolute atomic E-state index is 6.15. The van der Waals surface area contributed by atoms with Crippen LogP contribution < -0.4 is 4.90 Å². The molecular weight excluding hydrogens is 234 g/mol. The van der Waals surface area contributed by atoms with E-state index in [-0.39, 0.29) is 5.41 Å². The van der Waals surface area contributed by atoms with Crippen molar-refractivity contribution in [3.8, 4) is 0 Å². The fourth-order valence-corrected chi connectivity index (χ4v) is 2.19. The molecule has 0 unspecified atom stereocenters. The molecule has 17 heavy (non-hydrogen) atoms. The molecule has 1 heterocycles. The van der Waals surface area contributed by atoms with Crippen molar-refractivity contribution < 1.29 is 0 Å². The van der Waals surface area contributed by atoms with Gasteiger partial charge in [0.2, 0.25) is 0 Å². The molecule has 1 aromatic heterocycles. The first-order chi connectivity index (χ1) is 7.85. The van der Waals surface area contributed by atoms with Gasteiger partial charge in [0.05, 0.1) is 0 Å². The van der Waals surface area contributed by atoms with E-state index in [1.165, 1.54) is 6.33 Å². The molecule has 1 rings (SSSR count). The van der Waals surface area contributed by atoms with Crippen molar-refractivity contribution in [1.82, 2.24) is 9.97 Å². The van der Waals surface area contributed by atoms with Gasteiger partial charge in [0.15, 0.2) is 0 Å². The summed E-state index contributed by atoms with van der Waals surface area (Å²) in [5, 5.41) is 0.581. The molecule has 0 amide bonds. The van der Waals surface area contributed by atoms with Gasteiger partial charge in [-0.3, -0.25) is 0 Å². The Bertz CT molecular complexity index is 371. The molecule has 0 atom stereocenters. The highest BCUT2D eigenvalue weighted by molar-refractivity contribution is 6.30. The van der Waals surface area contributed by atoms with Crippen molar-refractivity contribution in [2.45, 2.75) is 40.5 Å². The molecule has 4 heteroatoms. The molecule has 0 saturated heterocycles. The van der Waals surface area contributed by atoms with Crippen LogP contribution in [-0.4, -0.2) is 23.6 Å². The van der Waals surface area contributed by atoms with E-state index >= 15 is 0 Å². The molecule has 0 fully saturated rings. The standard InChI is InChI=1S/C13H22ClN3/c1-6-7-10-11(14)15-9-16-12(10)17(5)8-13(2,3)4/h9H,6-8H2,1-5H3. The summed E-state index contributed by atoms with van der Waals surface area (Å²) >= 11 is 6.15. The zero-order valence-electron chi connectivity index (χ0n) is 11.4. The second-order valence-corrected chi connectivity index (χ2v) is 5.99. The minimum Gasteiger partial charge on any atom is -0.359 e. The van der Waals surface area contributed by atoms with Crippen LogP contribution in [0.5, 0.6) is 0 Å². The smallest absolute Gasteiger partial charge is 0.137 e. The van der Waals surface area contributed by atoms with Gasteiger partial charge in [0.25, 0.3) is 0 Å². The number of aromatic nitrogens is 2. The largest absolute Gasteiger partial charge is 0.359 e. The van der Waals surface area contributed by atoms with E-state index in [4.69, 9.17) is 11.6 Å². The Morgan fingerprint density at radius 2 is 1.94 bits per heavy atom. The lowest BCUT2D eigenvalue weighted by Crippen LogP contribution is -2.30. The second kappa shape index (κ2) is 5.67. The Morgan fingerprint density at radius 1 is 1.29 bits per heavy atom. The highest BCUT2D eigenvalue weighted by atomic mass is 35.5. The summed E-state index contributed by atoms with van der Waals surface area (Å²) in [4.78, 5) is 10.6. The molecule has 3 nitrogen and oxygen atoms in total. The Balaban J connectivity index is 3.00. The summed E-state index contributed by atoms with van der Waals surface area (Å²) in [6, 6.07) is 0. The van der Waals surface area contributed by atoms with Crippen LogP contribution in [0.1, 0.15) is 39.7 Å². The van der Waals surface area contributed by atoms with Gasteiger partial charge in [-0.2, -0.15) is 0 Å². The van der Waals surface area contributed by atoms with E-state index in [0.29, 0.717) is 5.15 Å². The third-order valence-electron chi connectivity index (χ3n) is 2.44. The van der Waals surface area contributed by atoms with E-state index < -0.39 is 0 Å². The number of rotatable bonds is 4. The van der Waals surface area contributed by atoms with E-state index in [1.54, 1.807) is 0 Å². The normalized spacial score (nSPS) is 11.6. The van der Waals surface area contributed by atoms with Gasteiger partial charge in [-0.15, -0.1) is 0 Å². The molecule has 0 saturated carbocycles. The molecule has 0 aliphatic rings. The Labute approximate surface area is 109 Å². The average molecular weight is 256 g/mol. The summed E-state index contributed by atoms with van der Waals surface area (Å²) < 4.78 is 0. The third kappa shape index (κ3) is 4.15. The predicted molar refractivity (Wildman–Crippen MR) is 73.8 cm³/mol. The van der Waals surface area contributed by atoms with Crippen LogP contribution in [0.15, 0.2) is 6.33 Å². The SMILES string of the molecule is CCCc1c(Cl)ncnc1N(C)CC(C)(C)C. The molecule has 0 N–H and O–H groups in total. The molecule has 0 aliphatic carbocycles. The van der Waals surface area contributed by atoms with Crippen molar-refractivity contribution in [2.24, 2.45) is 5.41 Å². The van der Waals surface area contributed by atoms with Crippen molar-refractivity contribution in [3.63, 3.8) is 0 Å². The first-order valence-corrected chi connectivity index (χ1v) is 6.43. The van der Waals surface area contributed by atoms with Gasteiger partial charge >= 0.3 is 0 Å². The summed E-state index contributed by atoms with van der Waals surface area (Å²) in [6.45, 7) is 9.72. The van der Waals surface area contributed by atoms with Gasteiger partial charge in [0.1, 0.15) is 17.3 Å². The number of nitrogens with zero attached hydrogens (tertiary/aromatic N) is 3. The number of hydrogen-bond acceptors (Lipinski definition) is 3. The highest BCUT2D eigenvalue weighted by Gasteiger charge is 2.18. The molecular formula is C13H22ClN3. The monoisotopic (exact) mass is 255 g/mol. The van der Waals surface area contributed by atoms with Crippen LogP contribution in [-0.2, 0) is 6.42 Å². The van der Waals surface area contributed by atoms with Crippen LogP contribution in [0.25, 0.3) is 0 Å². The predicted octanol–water partition coefficient (Wildman–Crippen LogP) is 3.56. The van der Waals surface area contributed by atoms with Crippen molar-refractivity contribution in [1.29, 1.82) is 0 Å². The lowest BCUT2D eigenvalue weighted by Gasteiger charge is -2.28. The average Bonchev–Trinajstić information content (AvgIpc) is 2.18. The zero-order chi connectivity index (χ0) is 13.1. The molecule has 0 bridgehead atoms. The van der Waals surface area contributed by atoms with Gasteiger partial charge in [-0.1, -0.05) is 45.7 Å². The summed E-state index contributed by atoms with van der Waals surface area (Å²) in [7, 11) is 2.06. The number of anilines is 1. The lowest BCUT2D eigenvalue weighted by molar-refractivity contribution is 0.417. The number of halogens is 1. The van der Waals surface area contributed by atoms with E-state index in [0.717, 1.165) is 30.8 Å². The van der Waals surface area contributed by atoms with Gasteiger partial charge in [-0.05, 0) is 11.8 Å². The summed E-state index contributed by atoms with van der Waals surface area (Å²) in [5.74, 6) is 0.960. The molecule has 96 valence electrons. The number of hydrogen-bond donors (Lipinski definition) is 0. The van der Waals surface area contributed by atoms with Crippen LogP contribution in [0, 0.1) is 5.41 Å². The molecule has 0 aliphatic heterocycles. The molecule has 0 aromatic carbocycles. The van der Waals surface area contributed by atoms with E-state index in [9.17, 15) is 0 Å². The van der Waals surface area contributed by atoms with Gasteiger partial charge in [0, 0.05) is 19.2 Å². The van der Waals surface area contributed by atoms with Crippen LogP contribution in [0.4, 0.5) is 5.82 Å². The second-order valence-electron chi connectivity index (χ2n) is 5.63. The maximum atomic E-state index is 6.15. The summed E-state index contributed by atoms with van der Waals surface area (Å²) in [6.07, 6.45) is 3.50. The Kier molecular flexibility index (Phi) is 4.75. The van der Waals surface area contributed by atoms with Gasteiger partial charge < -0.3 is 4.90 Å². The Morgan fingerprint density at radius 3 is 2.47 bits per heavy atom. The summed E-state index contributed by atoms with van der Waals surface area (Å²) in [5.41, 5.74) is 1.29. The van der Waals surface area contributed by atoms with Crippen molar-refractivity contribution >= 4 is 17.4 Å². The minimum absolute atomic E-state index is 0.232. The first-order valence-electron chi connectivity index (χ1n) is 6.05. The minimum atomic E-state index is 0.232. The van der Waals surface area contributed by atoms with E-state index in [1.807, 2.05) is 0 Å². The van der Waals surface area contributed by atoms with E-state index in [2.05, 4.69) is 49.6 Å². The topological polar surface area (TPSA) is 29.0 Å². The third-order valence-corrected chi connectivity index (χ3v) is 2.77. The highest BCUT2D eigenvalue weighted by Crippen LogP contribution is 2.26. The molecule has 0 spiro atoms. The van der Waals surface area contributed by atoms with Crippen molar-refractivity contribution in [3.05, 3.63) is 17.0 Å². The fourth-order valence-electron chi connectivity index (χ4n) is 1.96. The Hall–Kier alpha value is -0.830. The maximum Gasteiger partial charge on any atom is 0.137 e. The van der Waals surface area contributed by atoms with Crippen molar-refractivity contribution in [2.75, 3.05) is 18.5 Å². The lowest BCUT2D eigenvalue weighted by atomic mass is 9.96. The molecule has 0 radical (unpaired) electrons. The van der Waals surface area contributed by atoms with Gasteiger partial charge in [-0.25, -0.2) is 9.97 Å². The fraction of sp³-hybridized carbons (Fsp3) is 0.692. The zero-order valence-corrected chi connectivity index (χ0v) is 12.2. The first kappa shape index (κ1) is 14.2. The molecule has 1 aromatic rings. The quantitative estimate of drug-likeness (QED) is 0.771. The van der Waals surface area contributed by atoms with Crippen LogP contribution in [0.3, 0.4) is 0 Å². The van der Waals surface area contributed by atoms with Crippen LogP contribution in [0.2, 0.25) is 5.15 Å². The van der Waals surface area contributed by atoms with Crippen LogP contribution >= 0.6 is 11.6 Å².